The lowest BCUT2D eigenvalue weighted by molar-refractivity contribution is -0.00442. The highest BCUT2D eigenvalue weighted by molar-refractivity contribution is 5.67. The van der Waals surface area contributed by atoms with Crippen LogP contribution in [0.25, 0.3) is 0 Å². The molecule has 0 aromatic rings. The molecular weight excluding hydrogens is 318 g/mol. The van der Waals surface area contributed by atoms with E-state index in [0.29, 0.717) is 12.5 Å². The van der Waals surface area contributed by atoms with E-state index in [1.165, 1.54) is 32.1 Å². The number of amides is 1. The van der Waals surface area contributed by atoms with Crippen molar-refractivity contribution >= 4 is 6.09 Å². The highest BCUT2D eigenvalue weighted by atomic mass is 16.6. The fraction of sp³-hybridized carbons (Fsp3) is 0.950. The first-order valence-corrected chi connectivity index (χ1v) is 10.4. The van der Waals surface area contributed by atoms with Gasteiger partial charge in [-0.15, -0.1) is 0 Å². The van der Waals surface area contributed by atoms with Crippen LogP contribution in [-0.2, 0) is 9.47 Å². The predicted molar refractivity (Wildman–Crippen MR) is 101 cm³/mol. The summed E-state index contributed by atoms with van der Waals surface area (Å²) in [4.78, 5) is 11.8. The van der Waals surface area contributed by atoms with Gasteiger partial charge in [0.2, 0.25) is 0 Å². The predicted octanol–water partition coefficient (Wildman–Crippen LogP) is 4.42. The van der Waals surface area contributed by atoms with Gasteiger partial charge in [0.05, 0.1) is 12.7 Å². The van der Waals surface area contributed by atoms with Crippen LogP contribution in [-0.4, -0.2) is 42.7 Å². The Kier molecular flexibility index (Phi) is 11.9. The van der Waals surface area contributed by atoms with E-state index < -0.39 is 12.2 Å². The zero-order valence-electron chi connectivity index (χ0n) is 16.5. The largest absolute Gasteiger partial charge is 0.444 e. The smallest absolute Gasteiger partial charge is 0.407 e. The number of hydrogen-bond donors (Lipinski definition) is 2. The maximum Gasteiger partial charge on any atom is 0.407 e. The number of carbonyl (C=O) groups is 1. The van der Waals surface area contributed by atoms with Crippen LogP contribution in [0, 0.1) is 5.92 Å². The topological polar surface area (TPSA) is 67.8 Å². The van der Waals surface area contributed by atoms with Gasteiger partial charge in [-0.1, -0.05) is 40.0 Å². The third-order valence-corrected chi connectivity index (χ3v) is 5.22. The van der Waals surface area contributed by atoms with Crippen molar-refractivity contribution in [1.29, 1.82) is 0 Å². The number of alkyl carbamates (subject to hydrolysis) is 1. The summed E-state index contributed by atoms with van der Waals surface area (Å²) in [5, 5.41) is 12.0. The SMILES string of the molecule is CC.CCC(CO)OC(=O)NC1CCC(OCC2CCCCC2)CC1. The molecule has 1 amide bonds. The lowest BCUT2D eigenvalue weighted by atomic mass is 9.89. The summed E-state index contributed by atoms with van der Waals surface area (Å²) >= 11 is 0. The van der Waals surface area contributed by atoms with Gasteiger partial charge < -0.3 is 19.9 Å². The van der Waals surface area contributed by atoms with Crippen LogP contribution in [0.1, 0.15) is 85.0 Å². The van der Waals surface area contributed by atoms with E-state index >= 15 is 0 Å². The molecule has 0 aliphatic heterocycles. The van der Waals surface area contributed by atoms with Crippen molar-refractivity contribution in [2.24, 2.45) is 5.92 Å². The molecule has 2 N–H and O–H groups in total. The first-order chi connectivity index (χ1) is 12.2. The van der Waals surface area contributed by atoms with Gasteiger partial charge >= 0.3 is 6.09 Å². The van der Waals surface area contributed by atoms with Gasteiger partial charge in [-0.3, -0.25) is 0 Å². The summed E-state index contributed by atoms with van der Waals surface area (Å²) in [6.45, 7) is 6.69. The summed E-state index contributed by atoms with van der Waals surface area (Å²) in [7, 11) is 0. The van der Waals surface area contributed by atoms with Gasteiger partial charge in [-0.05, 0) is 50.9 Å². The number of carbonyl (C=O) groups excluding carboxylic acids is 1. The van der Waals surface area contributed by atoms with Crippen molar-refractivity contribution in [1.82, 2.24) is 5.32 Å². The third-order valence-electron chi connectivity index (χ3n) is 5.22. The molecule has 2 rings (SSSR count). The summed E-state index contributed by atoms with van der Waals surface area (Å²) in [6, 6.07) is 0.174. The zero-order chi connectivity index (χ0) is 18.5. The number of aliphatic hydroxyl groups excluding tert-OH is 1. The molecule has 148 valence electrons. The van der Waals surface area contributed by atoms with Gasteiger partial charge in [0, 0.05) is 12.6 Å². The number of hydrogen-bond acceptors (Lipinski definition) is 4. The number of ether oxygens (including phenoxy) is 2. The Labute approximate surface area is 153 Å². The van der Waals surface area contributed by atoms with Crippen molar-refractivity contribution in [2.75, 3.05) is 13.2 Å². The molecular formula is C20H39NO4. The van der Waals surface area contributed by atoms with Crippen molar-refractivity contribution in [3.8, 4) is 0 Å². The molecule has 2 aliphatic rings. The highest BCUT2D eigenvalue weighted by Gasteiger charge is 2.25. The molecule has 0 aromatic carbocycles. The first kappa shape index (κ1) is 22.2. The van der Waals surface area contributed by atoms with Crippen molar-refractivity contribution < 1.29 is 19.4 Å². The summed E-state index contributed by atoms with van der Waals surface area (Å²) in [5.74, 6) is 0.763. The van der Waals surface area contributed by atoms with Gasteiger partial charge in [-0.25, -0.2) is 4.79 Å². The standard InChI is InChI=1S/C18H33NO4.C2H6/c1-2-16(12-20)23-18(21)19-15-8-10-17(11-9-15)22-13-14-6-4-3-5-7-14;1-2/h14-17,20H,2-13H2,1H3,(H,19,21);1-2H3. The van der Waals surface area contributed by atoms with E-state index in [-0.39, 0.29) is 12.6 Å². The normalized spacial score (nSPS) is 25.4. The highest BCUT2D eigenvalue weighted by Crippen LogP contribution is 2.27. The van der Waals surface area contributed by atoms with Crippen LogP contribution < -0.4 is 5.32 Å². The second-order valence-electron chi connectivity index (χ2n) is 7.07. The molecule has 0 radical (unpaired) electrons. The monoisotopic (exact) mass is 357 g/mol. The van der Waals surface area contributed by atoms with E-state index in [9.17, 15) is 4.79 Å². The fourth-order valence-electron chi connectivity index (χ4n) is 3.60. The maximum absolute atomic E-state index is 11.8. The summed E-state index contributed by atoms with van der Waals surface area (Å²) in [5.41, 5.74) is 0. The van der Waals surface area contributed by atoms with Crippen molar-refractivity contribution in [2.45, 2.75) is 103 Å². The minimum Gasteiger partial charge on any atom is -0.444 e. The average Bonchev–Trinajstić information content (AvgIpc) is 2.68. The van der Waals surface area contributed by atoms with Crippen LogP contribution >= 0.6 is 0 Å². The number of aliphatic hydroxyl groups is 1. The van der Waals surface area contributed by atoms with Gasteiger partial charge in [-0.2, -0.15) is 0 Å². The van der Waals surface area contributed by atoms with Crippen molar-refractivity contribution in [3.63, 3.8) is 0 Å². The molecule has 5 nitrogen and oxygen atoms in total. The fourth-order valence-corrected chi connectivity index (χ4v) is 3.60. The first-order valence-electron chi connectivity index (χ1n) is 10.4. The molecule has 5 heteroatoms. The van der Waals surface area contributed by atoms with E-state index in [1.54, 1.807) is 0 Å². The van der Waals surface area contributed by atoms with Crippen LogP contribution in [0.3, 0.4) is 0 Å². The van der Waals surface area contributed by atoms with E-state index in [1.807, 2.05) is 20.8 Å². The maximum atomic E-state index is 11.8. The van der Waals surface area contributed by atoms with Crippen LogP contribution in [0.4, 0.5) is 4.79 Å². The Morgan fingerprint density at radius 2 is 1.72 bits per heavy atom. The summed E-state index contributed by atoms with van der Waals surface area (Å²) < 4.78 is 11.3. The van der Waals surface area contributed by atoms with Gasteiger partial charge in [0.1, 0.15) is 6.10 Å². The molecule has 0 bridgehead atoms. The molecule has 1 atom stereocenters. The summed E-state index contributed by atoms with van der Waals surface area (Å²) in [6.07, 6.45) is 10.8. The second-order valence-corrected chi connectivity index (χ2v) is 7.07. The molecule has 25 heavy (non-hydrogen) atoms. The molecule has 2 aliphatic carbocycles. The quantitative estimate of drug-likeness (QED) is 0.708. The van der Waals surface area contributed by atoms with Crippen LogP contribution in [0.5, 0.6) is 0 Å². The molecule has 0 saturated heterocycles. The van der Waals surface area contributed by atoms with E-state index in [0.717, 1.165) is 38.2 Å². The minimum atomic E-state index is -0.405. The van der Waals surface area contributed by atoms with Crippen LogP contribution in [0.2, 0.25) is 0 Å². The number of rotatable bonds is 7. The van der Waals surface area contributed by atoms with E-state index in [2.05, 4.69) is 5.32 Å². The molecule has 1 unspecified atom stereocenters. The van der Waals surface area contributed by atoms with Crippen LogP contribution in [0.15, 0.2) is 0 Å². The lowest BCUT2D eigenvalue weighted by Crippen LogP contribution is -2.41. The Morgan fingerprint density at radius 3 is 2.28 bits per heavy atom. The Hall–Kier alpha value is -0.810. The molecule has 0 spiro atoms. The molecule has 2 saturated carbocycles. The van der Waals surface area contributed by atoms with Gasteiger partial charge in [0.15, 0.2) is 0 Å². The van der Waals surface area contributed by atoms with E-state index in [4.69, 9.17) is 14.6 Å². The Balaban J connectivity index is 0.00000151. The lowest BCUT2D eigenvalue weighted by Gasteiger charge is -2.31. The number of nitrogens with one attached hydrogen (secondary N) is 1. The molecule has 2 fully saturated rings. The zero-order valence-corrected chi connectivity index (χ0v) is 16.5. The van der Waals surface area contributed by atoms with Gasteiger partial charge in [0.25, 0.3) is 0 Å². The Bertz CT molecular complexity index is 333. The molecule has 0 heterocycles. The Morgan fingerprint density at radius 1 is 1.08 bits per heavy atom. The average molecular weight is 358 g/mol. The minimum absolute atomic E-state index is 0.119. The third kappa shape index (κ3) is 8.91. The van der Waals surface area contributed by atoms with Crippen molar-refractivity contribution in [3.05, 3.63) is 0 Å². The molecule has 0 aromatic heterocycles. The second kappa shape index (κ2) is 13.4.